The lowest BCUT2D eigenvalue weighted by molar-refractivity contribution is 0.612. The average molecular weight is 435 g/mol. The van der Waals surface area contributed by atoms with E-state index < -0.39 is 0 Å². The van der Waals surface area contributed by atoms with Gasteiger partial charge in [-0.15, -0.1) is 0 Å². The van der Waals surface area contributed by atoms with Gasteiger partial charge in [-0.25, -0.2) is 4.68 Å². The van der Waals surface area contributed by atoms with Gasteiger partial charge in [-0.2, -0.15) is 10.1 Å². The standard InChI is InChI=1S/C17H12ClIN4/c18-14-4-2-1-3-13(14)16-9-15(11-5-7-12(19)8-6-11)22-17-20-10-21-23(16)17/h1-10,16H,(H,20,21,22). The number of halogens is 2. The molecule has 0 radical (unpaired) electrons. The average Bonchev–Trinajstić information content (AvgIpc) is 3.04. The van der Waals surface area contributed by atoms with E-state index in [9.17, 15) is 0 Å². The molecule has 0 saturated carbocycles. The van der Waals surface area contributed by atoms with Crippen molar-refractivity contribution in [2.45, 2.75) is 6.04 Å². The maximum Gasteiger partial charge on any atom is 0.226 e. The van der Waals surface area contributed by atoms with Crippen LogP contribution in [0.5, 0.6) is 0 Å². The molecule has 0 amide bonds. The molecule has 23 heavy (non-hydrogen) atoms. The Morgan fingerprint density at radius 2 is 1.87 bits per heavy atom. The summed E-state index contributed by atoms with van der Waals surface area (Å²) in [6.07, 6.45) is 3.68. The summed E-state index contributed by atoms with van der Waals surface area (Å²) in [6, 6.07) is 16.1. The summed E-state index contributed by atoms with van der Waals surface area (Å²) in [7, 11) is 0. The van der Waals surface area contributed by atoms with Crippen molar-refractivity contribution in [3.63, 3.8) is 0 Å². The van der Waals surface area contributed by atoms with Gasteiger partial charge in [-0.3, -0.25) is 0 Å². The van der Waals surface area contributed by atoms with Gasteiger partial charge in [0.05, 0.1) is 0 Å². The van der Waals surface area contributed by atoms with Crippen molar-refractivity contribution in [1.29, 1.82) is 0 Å². The first-order valence-corrected chi connectivity index (χ1v) is 8.57. The van der Waals surface area contributed by atoms with Crippen LogP contribution in [-0.4, -0.2) is 14.8 Å². The number of rotatable bonds is 2. The van der Waals surface area contributed by atoms with Gasteiger partial charge in [-0.1, -0.05) is 41.9 Å². The first-order chi connectivity index (χ1) is 11.2. The van der Waals surface area contributed by atoms with Crippen LogP contribution in [0.1, 0.15) is 17.2 Å². The van der Waals surface area contributed by atoms with Gasteiger partial charge in [0, 0.05) is 14.3 Å². The topological polar surface area (TPSA) is 42.7 Å². The Morgan fingerprint density at radius 1 is 1.09 bits per heavy atom. The van der Waals surface area contributed by atoms with E-state index in [2.05, 4.69) is 68.3 Å². The summed E-state index contributed by atoms with van der Waals surface area (Å²) in [5.74, 6) is 0.714. The monoisotopic (exact) mass is 434 g/mol. The van der Waals surface area contributed by atoms with Gasteiger partial charge in [0.1, 0.15) is 12.4 Å². The molecule has 0 aliphatic carbocycles. The fraction of sp³-hybridized carbons (Fsp3) is 0.0588. The molecule has 114 valence electrons. The summed E-state index contributed by atoms with van der Waals surface area (Å²) < 4.78 is 3.05. The predicted molar refractivity (Wildman–Crippen MR) is 100 cm³/mol. The van der Waals surface area contributed by atoms with Gasteiger partial charge in [0.2, 0.25) is 5.95 Å². The van der Waals surface area contributed by atoms with Crippen molar-refractivity contribution < 1.29 is 0 Å². The number of nitrogens with zero attached hydrogens (tertiary/aromatic N) is 3. The van der Waals surface area contributed by atoms with Crippen LogP contribution in [0.3, 0.4) is 0 Å². The fourth-order valence-corrected chi connectivity index (χ4v) is 3.28. The van der Waals surface area contributed by atoms with Gasteiger partial charge in [0.25, 0.3) is 0 Å². The second-order valence-electron chi connectivity index (χ2n) is 5.21. The van der Waals surface area contributed by atoms with Crippen molar-refractivity contribution in [2.24, 2.45) is 0 Å². The number of hydrogen-bond donors (Lipinski definition) is 1. The highest BCUT2D eigenvalue weighted by atomic mass is 127. The van der Waals surface area contributed by atoms with Crippen LogP contribution in [0, 0.1) is 3.57 Å². The Morgan fingerprint density at radius 3 is 2.65 bits per heavy atom. The zero-order chi connectivity index (χ0) is 15.8. The minimum absolute atomic E-state index is 0.0864. The van der Waals surface area contributed by atoms with Crippen LogP contribution in [0.25, 0.3) is 5.70 Å². The summed E-state index contributed by atoms with van der Waals surface area (Å²) >= 11 is 8.69. The lowest BCUT2D eigenvalue weighted by Gasteiger charge is -2.25. The first kappa shape index (κ1) is 14.7. The molecule has 4 rings (SSSR count). The highest BCUT2D eigenvalue weighted by Gasteiger charge is 2.24. The third-order valence-electron chi connectivity index (χ3n) is 3.79. The molecule has 6 heteroatoms. The Bertz CT molecular complexity index is 886. The van der Waals surface area contributed by atoms with Crippen LogP contribution in [-0.2, 0) is 0 Å². The molecule has 0 bridgehead atoms. The Hall–Kier alpha value is -1.86. The summed E-state index contributed by atoms with van der Waals surface area (Å²) in [5.41, 5.74) is 3.12. The largest absolute Gasteiger partial charge is 0.324 e. The second kappa shape index (κ2) is 5.98. The molecule has 0 fully saturated rings. The molecule has 1 aromatic heterocycles. The highest BCUT2D eigenvalue weighted by molar-refractivity contribution is 14.1. The highest BCUT2D eigenvalue weighted by Crippen LogP contribution is 2.34. The minimum atomic E-state index is -0.0864. The van der Waals surface area contributed by atoms with Crippen LogP contribution in [0.15, 0.2) is 60.9 Å². The molecule has 1 aliphatic heterocycles. The quantitative estimate of drug-likeness (QED) is 0.600. The number of fused-ring (bicyclic) bond motifs is 1. The molecule has 1 aliphatic rings. The van der Waals surface area contributed by atoms with Crippen LogP contribution < -0.4 is 5.32 Å². The molecule has 2 aromatic carbocycles. The van der Waals surface area contributed by atoms with Crippen molar-refractivity contribution in [3.8, 4) is 0 Å². The number of hydrogen-bond acceptors (Lipinski definition) is 3. The smallest absolute Gasteiger partial charge is 0.226 e. The van der Waals surface area contributed by atoms with Crippen molar-refractivity contribution in [1.82, 2.24) is 14.8 Å². The molecule has 0 spiro atoms. The number of nitrogens with one attached hydrogen (secondary N) is 1. The number of aromatic nitrogens is 3. The molecular weight excluding hydrogens is 423 g/mol. The molecule has 3 aromatic rings. The molecule has 1 N–H and O–H groups in total. The Kier molecular flexibility index (Phi) is 3.82. The van der Waals surface area contributed by atoms with Crippen LogP contribution in [0.4, 0.5) is 5.95 Å². The number of allylic oxidation sites excluding steroid dienone is 1. The van der Waals surface area contributed by atoms with Crippen LogP contribution in [0.2, 0.25) is 5.02 Å². The van der Waals surface area contributed by atoms with Gasteiger partial charge >= 0.3 is 0 Å². The van der Waals surface area contributed by atoms with Gasteiger partial charge in [0.15, 0.2) is 0 Å². The van der Waals surface area contributed by atoms with E-state index in [1.165, 1.54) is 3.57 Å². The predicted octanol–water partition coefficient (Wildman–Crippen LogP) is 4.59. The van der Waals surface area contributed by atoms with Crippen molar-refractivity contribution in [3.05, 3.63) is 80.7 Å². The molecule has 1 atom stereocenters. The molecule has 1 unspecified atom stereocenters. The first-order valence-electron chi connectivity index (χ1n) is 7.11. The SMILES string of the molecule is Clc1ccccc1C1C=C(c2ccc(I)cc2)Nc2ncnn21. The summed E-state index contributed by atoms with van der Waals surface area (Å²) in [6.45, 7) is 0. The summed E-state index contributed by atoms with van der Waals surface area (Å²) in [4.78, 5) is 4.31. The van der Waals surface area contributed by atoms with Gasteiger partial charge in [-0.05, 0) is 58.0 Å². The molecule has 2 heterocycles. The van der Waals surface area contributed by atoms with E-state index >= 15 is 0 Å². The van der Waals surface area contributed by atoms with E-state index in [1.54, 1.807) is 6.33 Å². The van der Waals surface area contributed by atoms with E-state index in [-0.39, 0.29) is 6.04 Å². The molecule has 4 nitrogen and oxygen atoms in total. The molecular formula is C17H12ClIN4. The van der Waals surface area contributed by atoms with E-state index in [4.69, 9.17) is 11.6 Å². The maximum atomic E-state index is 6.39. The van der Waals surface area contributed by atoms with E-state index in [1.807, 2.05) is 28.9 Å². The minimum Gasteiger partial charge on any atom is -0.324 e. The number of benzene rings is 2. The maximum absolute atomic E-state index is 6.39. The number of anilines is 1. The van der Waals surface area contributed by atoms with Crippen molar-refractivity contribution >= 4 is 45.8 Å². The normalized spacial score (nSPS) is 16.4. The Labute approximate surface area is 152 Å². The second-order valence-corrected chi connectivity index (χ2v) is 6.86. The molecule has 0 saturated heterocycles. The van der Waals surface area contributed by atoms with Crippen molar-refractivity contribution in [2.75, 3.05) is 5.32 Å². The van der Waals surface area contributed by atoms with Gasteiger partial charge < -0.3 is 5.32 Å². The zero-order valence-electron chi connectivity index (χ0n) is 11.9. The summed E-state index contributed by atoms with van der Waals surface area (Å²) in [5, 5.41) is 8.39. The fourth-order valence-electron chi connectivity index (χ4n) is 2.67. The lowest BCUT2D eigenvalue weighted by atomic mass is 10.0. The lowest BCUT2D eigenvalue weighted by Crippen LogP contribution is -2.20. The Balaban J connectivity index is 1.83. The zero-order valence-corrected chi connectivity index (χ0v) is 14.9. The third kappa shape index (κ3) is 2.74. The third-order valence-corrected chi connectivity index (χ3v) is 4.85. The van der Waals surface area contributed by atoms with E-state index in [0.29, 0.717) is 5.95 Å². The van der Waals surface area contributed by atoms with E-state index in [0.717, 1.165) is 21.8 Å². The van der Waals surface area contributed by atoms with Crippen LogP contribution >= 0.6 is 34.2 Å².